The normalized spacial score (nSPS) is 10.1. The topological polar surface area (TPSA) is 70.2 Å². The number of carbonyl (C=O) groups excluding carboxylic acids is 2. The Kier molecular flexibility index (Phi) is 6.81. The van der Waals surface area contributed by atoms with E-state index in [2.05, 4.69) is 16.0 Å². The summed E-state index contributed by atoms with van der Waals surface area (Å²) in [6.07, 6.45) is 0.740. The minimum atomic E-state index is -0.0440. The maximum absolute atomic E-state index is 11.7. The summed E-state index contributed by atoms with van der Waals surface area (Å²) in [6.45, 7) is 1.08. The monoisotopic (exact) mass is 311 g/mol. The fraction of sp³-hybridized carbons (Fsp3) is 0.222. The van der Waals surface area contributed by atoms with Crippen LogP contribution in [0.15, 0.2) is 60.7 Å². The standard InChI is InChI=1S/C18H21N3O2/c22-17(20-15-7-3-1-4-8-15)11-13-19-14-12-18(23)21-16-9-5-2-6-10-16/h1-10,19H,11-14H2,(H,20,22)(H,21,23). The van der Waals surface area contributed by atoms with Crippen LogP contribution in [0.25, 0.3) is 0 Å². The van der Waals surface area contributed by atoms with Crippen LogP contribution in [0.1, 0.15) is 12.8 Å². The lowest BCUT2D eigenvalue weighted by molar-refractivity contribution is -0.116. The second kappa shape index (κ2) is 9.38. The van der Waals surface area contributed by atoms with Gasteiger partial charge in [-0.3, -0.25) is 9.59 Å². The Hall–Kier alpha value is -2.66. The third-order valence-electron chi connectivity index (χ3n) is 3.17. The van der Waals surface area contributed by atoms with Crippen molar-refractivity contribution in [3.05, 3.63) is 60.7 Å². The Bertz CT molecular complexity index is 559. The molecule has 2 rings (SSSR count). The first-order valence-electron chi connectivity index (χ1n) is 7.64. The molecule has 0 saturated heterocycles. The number of anilines is 2. The fourth-order valence-electron chi connectivity index (χ4n) is 2.02. The second-order valence-corrected chi connectivity index (χ2v) is 5.08. The SMILES string of the molecule is O=C(CCNCCC(=O)Nc1ccccc1)Nc1ccccc1. The molecular weight excluding hydrogens is 290 g/mol. The highest BCUT2D eigenvalue weighted by Gasteiger charge is 2.03. The van der Waals surface area contributed by atoms with Gasteiger partial charge in [0.15, 0.2) is 0 Å². The molecular formula is C18H21N3O2. The Labute approximate surface area is 136 Å². The predicted molar refractivity (Wildman–Crippen MR) is 92.2 cm³/mol. The van der Waals surface area contributed by atoms with Gasteiger partial charge >= 0.3 is 0 Å². The number of hydrogen-bond acceptors (Lipinski definition) is 3. The lowest BCUT2D eigenvalue weighted by Gasteiger charge is -2.07. The van der Waals surface area contributed by atoms with E-state index in [1.807, 2.05) is 60.7 Å². The fourth-order valence-corrected chi connectivity index (χ4v) is 2.02. The highest BCUT2D eigenvalue weighted by atomic mass is 16.2. The lowest BCUT2D eigenvalue weighted by atomic mass is 10.3. The quantitative estimate of drug-likeness (QED) is 0.656. The summed E-state index contributed by atoms with van der Waals surface area (Å²) in [7, 11) is 0. The van der Waals surface area contributed by atoms with Gasteiger partial charge in [-0.2, -0.15) is 0 Å². The van der Waals surface area contributed by atoms with Gasteiger partial charge < -0.3 is 16.0 Å². The molecule has 5 heteroatoms. The average Bonchev–Trinajstić information content (AvgIpc) is 2.56. The van der Waals surface area contributed by atoms with Crippen molar-refractivity contribution in [2.45, 2.75) is 12.8 Å². The van der Waals surface area contributed by atoms with Gasteiger partial charge in [-0.05, 0) is 24.3 Å². The van der Waals surface area contributed by atoms with Crippen LogP contribution in [0.5, 0.6) is 0 Å². The Morgan fingerprint density at radius 2 is 1.04 bits per heavy atom. The van der Waals surface area contributed by atoms with Crippen LogP contribution in [-0.4, -0.2) is 24.9 Å². The molecule has 0 saturated carbocycles. The van der Waals surface area contributed by atoms with E-state index < -0.39 is 0 Å². The molecule has 0 unspecified atom stereocenters. The Morgan fingerprint density at radius 1 is 0.652 bits per heavy atom. The minimum Gasteiger partial charge on any atom is -0.326 e. The molecule has 2 amide bonds. The number of nitrogens with one attached hydrogen (secondary N) is 3. The molecule has 0 bridgehead atoms. The van der Waals surface area contributed by atoms with Gasteiger partial charge in [-0.25, -0.2) is 0 Å². The van der Waals surface area contributed by atoms with Crippen molar-refractivity contribution in [3.8, 4) is 0 Å². The lowest BCUT2D eigenvalue weighted by Crippen LogP contribution is -2.25. The van der Waals surface area contributed by atoms with Gasteiger partial charge in [0.05, 0.1) is 0 Å². The first-order valence-corrected chi connectivity index (χ1v) is 7.64. The second-order valence-electron chi connectivity index (χ2n) is 5.08. The molecule has 0 fully saturated rings. The summed E-state index contributed by atoms with van der Waals surface area (Å²) in [5.41, 5.74) is 1.58. The molecule has 2 aromatic carbocycles. The van der Waals surface area contributed by atoms with Crippen LogP contribution in [0.3, 0.4) is 0 Å². The zero-order valence-electron chi connectivity index (χ0n) is 12.9. The largest absolute Gasteiger partial charge is 0.326 e. The van der Waals surface area contributed by atoms with E-state index in [1.165, 1.54) is 0 Å². The Morgan fingerprint density at radius 3 is 1.43 bits per heavy atom. The van der Waals surface area contributed by atoms with Crippen molar-refractivity contribution < 1.29 is 9.59 Å². The van der Waals surface area contributed by atoms with E-state index in [9.17, 15) is 9.59 Å². The van der Waals surface area contributed by atoms with E-state index in [-0.39, 0.29) is 11.8 Å². The van der Waals surface area contributed by atoms with Crippen LogP contribution in [0, 0.1) is 0 Å². The summed E-state index contributed by atoms with van der Waals surface area (Å²) >= 11 is 0. The van der Waals surface area contributed by atoms with Gasteiger partial charge in [-0.1, -0.05) is 36.4 Å². The van der Waals surface area contributed by atoms with Crippen LogP contribution in [0.2, 0.25) is 0 Å². The molecule has 0 spiro atoms. The molecule has 120 valence electrons. The van der Waals surface area contributed by atoms with Gasteiger partial charge in [-0.15, -0.1) is 0 Å². The van der Waals surface area contributed by atoms with Crippen LogP contribution >= 0.6 is 0 Å². The molecule has 0 aromatic heterocycles. The maximum Gasteiger partial charge on any atom is 0.225 e. The zero-order chi connectivity index (χ0) is 16.3. The summed E-state index contributed by atoms with van der Waals surface area (Å²) in [4.78, 5) is 23.4. The summed E-state index contributed by atoms with van der Waals surface area (Å²) in [5, 5.41) is 8.73. The number of hydrogen-bond donors (Lipinski definition) is 3. The van der Waals surface area contributed by atoms with Crippen LogP contribution in [0.4, 0.5) is 11.4 Å². The third-order valence-corrected chi connectivity index (χ3v) is 3.17. The van der Waals surface area contributed by atoms with Crippen molar-refractivity contribution >= 4 is 23.2 Å². The van der Waals surface area contributed by atoms with Crippen molar-refractivity contribution in [1.82, 2.24) is 5.32 Å². The molecule has 5 nitrogen and oxygen atoms in total. The van der Waals surface area contributed by atoms with Crippen molar-refractivity contribution in [2.75, 3.05) is 23.7 Å². The third kappa shape index (κ3) is 6.76. The van der Waals surface area contributed by atoms with Crippen LogP contribution in [-0.2, 0) is 9.59 Å². The van der Waals surface area contributed by atoms with Gasteiger partial charge in [0.25, 0.3) is 0 Å². The number of carbonyl (C=O) groups is 2. The van der Waals surface area contributed by atoms with E-state index in [1.54, 1.807) is 0 Å². The highest BCUT2D eigenvalue weighted by molar-refractivity contribution is 5.91. The number of para-hydroxylation sites is 2. The highest BCUT2D eigenvalue weighted by Crippen LogP contribution is 2.06. The molecule has 0 heterocycles. The maximum atomic E-state index is 11.7. The molecule has 2 aromatic rings. The molecule has 0 aliphatic carbocycles. The average molecular weight is 311 g/mol. The molecule has 0 atom stereocenters. The number of amides is 2. The smallest absolute Gasteiger partial charge is 0.225 e. The van der Waals surface area contributed by atoms with E-state index in [0.29, 0.717) is 25.9 Å². The van der Waals surface area contributed by atoms with Gasteiger partial charge in [0.2, 0.25) is 11.8 Å². The molecule has 0 aliphatic rings. The summed E-state index contributed by atoms with van der Waals surface area (Å²) < 4.78 is 0. The molecule has 23 heavy (non-hydrogen) atoms. The predicted octanol–water partition coefficient (Wildman–Crippen LogP) is 2.63. The first kappa shape index (κ1) is 16.7. The zero-order valence-corrected chi connectivity index (χ0v) is 12.9. The summed E-state index contributed by atoms with van der Waals surface area (Å²) in [5.74, 6) is -0.0881. The number of benzene rings is 2. The van der Waals surface area contributed by atoms with Crippen molar-refractivity contribution in [1.29, 1.82) is 0 Å². The minimum absolute atomic E-state index is 0.0440. The van der Waals surface area contributed by atoms with Crippen molar-refractivity contribution in [3.63, 3.8) is 0 Å². The van der Waals surface area contributed by atoms with Crippen LogP contribution < -0.4 is 16.0 Å². The first-order chi connectivity index (χ1) is 11.2. The Balaban J connectivity index is 1.55. The van der Waals surface area contributed by atoms with Crippen molar-refractivity contribution in [2.24, 2.45) is 0 Å². The van der Waals surface area contributed by atoms with Gasteiger partial charge in [0.1, 0.15) is 0 Å². The molecule has 0 radical (unpaired) electrons. The summed E-state index contributed by atoms with van der Waals surface area (Å²) in [6, 6.07) is 18.7. The van der Waals surface area contributed by atoms with E-state index in [0.717, 1.165) is 11.4 Å². The van der Waals surface area contributed by atoms with Gasteiger partial charge in [0, 0.05) is 37.3 Å². The molecule has 3 N–H and O–H groups in total. The number of rotatable bonds is 8. The molecule has 0 aliphatic heterocycles. The van der Waals surface area contributed by atoms with E-state index >= 15 is 0 Å². The van der Waals surface area contributed by atoms with E-state index in [4.69, 9.17) is 0 Å².